The Hall–Kier alpha value is -0.280. The number of halogens is 2. The third-order valence-corrected chi connectivity index (χ3v) is 4.21. The lowest BCUT2D eigenvalue weighted by atomic mass is 9.89. The Morgan fingerprint density at radius 3 is 2.81 bits per heavy atom. The van der Waals surface area contributed by atoms with Crippen molar-refractivity contribution in [1.29, 1.82) is 0 Å². The fourth-order valence-electron chi connectivity index (χ4n) is 2.10. The average molecular weight is 304 g/mol. The molecule has 2 rings (SSSR count). The SMILES string of the molecule is CC1CCN(c2ncc(Cl)cc2Br)CC1C. The third-order valence-electron chi connectivity index (χ3n) is 3.42. The zero-order valence-electron chi connectivity index (χ0n) is 9.58. The van der Waals surface area contributed by atoms with E-state index < -0.39 is 0 Å². The summed E-state index contributed by atoms with van der Waals surface area (Å²) in [5, 5.41) is 0.675. The highest BCUT2D eigenvalue weighted by molar-refractivity contribution is 9.10. The van der Waals surface area contributed by atoms with Gasteiger partial charge in [0.2, 0.25) is 0 Å². The van der Waals surface area contributed by atoms with Gasteiger partial charge in [0, 0.05) is 19.3 Å². The minimum absolute atomic E-state index is 0.675. The van der Waals surface area contributed by atoms with E-state index in [1.165, 1.54) is 6.42 Å². The van der Waals surface area contributed by atoms with Crippen molar-refractivity contribution in [1.82, 2.24) is 4.98 Å². The Balaban J connectivity index is 2.18. The van der Waals surface area contributed by atoms with E-state index in [1.54, 1.807) is 6.20 Å². The zero-order valence-corrected chi connectivity index (χ0v) is 11.9. The lowest BCUT2D eigenvalue weighted by Gasteiger charge is -2.36. The summed E-state index contributed by atoms with van der Waals surface area (Å²) in [6.45, 7) is 6.79. The molecule has 0 aliphatic carbocycles. The molecule has 0 spiro atoms. The molecule has 0 radical (unpaired) electrons. The first-order valence-corrected chi connectivity index (χ1v) is 6.81. The van der Waals surface area contributed by atoms with E-state index in [0.717, 1.165) is 35.2 Å². The number of piperidine rings is 1. The molecule has 0 bridgehead atoms. The predicted molar refractivity (Wildman–Crippen MR) is 72.1 cm³/mol. The van der Waals surface area contributed by atoms with Gasteiger partial charge in [0.1, 0.15) is 5.82 Å². The van der Waals surface area contributed by atoms with Crippen LogP contribution in [-0.4, -0.2) is 18.1 Å². The van der Waals surface area contributed by atoms with Crippen LogP contribution in [0.4, 0.5) is 5.82 Å². The minimum atomic E-state index is 0.675. The van der Waals surface area contributed by atoms with Gasteiger partial charge in [-0.05, 0) is 40.3 Å². The van der Waals surface area contributed by atoms with Crippen molar-refractivity contribution >= 4 is 33.3 Å². The predicted octanol–water partition coefficient (Wildman–Crippen LogP) is 3.98. The van der Waals surface area contributed by atoms with Crippen LogP contribution in [0.5, 0.6) is 0 Å². The molecule has 1 fully saturated rings. The van der Waals surface area contributed by atoms with E-state index in [4.69, 9.17) is 11.6 Å². The third kappa shape index (κ3) is 2.51. The Labute approximate surface area is 110 Å². The smallest absolute Gasteiger partial charge is 0.142 e. The number of hydrogen-bond donors (Lipinski definition) is 0. The topological polar surface area (TPSA) is 16.1 Å². The molecule has 0 saturated carbocycles. The summed E-state index contributed by atoms with van der Waals surface area (Å²) in [5.41, 5.74) is 0. The van der Waals surface area contributed by atoms with Crippen molar-refractivity contribution in [3.05, 3.63) is 21.8 Å². The molecule has 1 aliphatic rings. The van der Waals surface area contributed by atoms with E-state index in [-0.39, 0.29) is 0 Å². The van der Waals surface area contributed by atoms with E-state index in [9.17, 15) is 0 Å². The first-order chi connectivity index (χ1) is 7.58. The maximum atomic E-state index is 5.90. The van der Waals surface area contributed by atoms with Crippen molar-refractivity contribution in [2.24, 2.45) is 11.8 Å². The molecule has 4 heteroatoms. The lowest BCUT2D eigenvalue weighted by Crippen LogP contribution is -2.39. The molecule has 1 saturated heterocycles. The van der Waals surface area contributed by atoms with Crippen LogP contribution >= 0.6 is 27.5 Å². The number of rotatable bonds is 1. The van der Waals surface area contributed by atoms with Crippen molar-refractivity contribution in [2.45, 2.75) is 20.3 Å². The molecule has 0 N–H and O–H groups in total. The van der Waals surface area contributed by atoms with Crippen LogP contribution in [0, 0.1) is 11.8 Å². The van der Waals surface area contributed by atoms with Gasteiger partial charge in [-0.3, -0.25) is 0 Å². The number of anilines is 1. The summed E-state index contributed by atoms with van der Waals surface area (Å²) in [6.07, 6.45) is 2.95. The molecule has 2 heterocycles. The lowest BCUT2D eigenvalue weighted by molar-refractivity contribution is 0.322. The molecular weight excluding hydrogens is 288 g/mol. The first kappa shape index (κ1) is 12.2. The van der Waals surface area contributed by atoms with E-state index in [0.29, 0.717) is 5.02 Å². The Morgan fingerprint density at radius 1 is 1.44 bits per heavy atom. The summed E-state index contributed by atoms with van der Waals surface area (Å²) in [5.74, 6) is 2.55. The van der Waals surface area contributed by atoms with Gasteiger partial charge in [0.25, 0.3) is 0 Å². The average Bonchev–Trinajstić information content (AvgIpc) is 2.22. The van der Waals surface area contributed by atoms with Crippen LogP contribution < -0.4 is 4.90 Å². The summed E-state index contributed by atoms with van der Waals surface area (Å²) < 4.78 is 0.988. The van der Waals surface area contributed by atoms with Crippen LogP contribution in [0.3, 0.4) is 0 Å². The van der Waals surface area contributed by atoms with Gasteiger partial charge in [-0.15, -0.1) is 0 Å². The van der Waals surface area contributed by atoms with Crippen LogP contribution in [0.2, 0.25) is 5.02 Å². The normalized spacial score (nSPS) is 25.9. The molecule has 88 valence electrons. The van der Waals surface area contributed by atoms with Crippen LogP contribution in [0.1, 0.15) is 20.3 Å². The standard InChI is InChI=1S/C12H16BrClN2/c1-8-3-4-16(7-9(8)2)12-11(13)5-10(14)6-15-12/h5-6,8-9H,3-4,7H2,1-2H3. The molecule has 1 aromatic rings. The Kier molecular flexibility index (Phi) is 3.75. The molecule has 0 amide bonds. The number of aromatic nitrogens is 1. The second-order valence-corrected chi connectivity index (χ2v) is 5.94. The van der Waals surface area contributed by atoms with Crippen LogP contribution in [0.25, 0.3) is 0 Å². The maximum Gasteiger partial charge on any atom is 0.142 e. The molecule has 0 aromatic carbocycles. The van der Waals surface area contributed by atoms with Gasteiger partial charge in [0.05, 0.1) is 9.50 Å². The fourth-order valence-corrected chi connectivity index (χ4v) is 2.98. The molecule has 1 aromatic heterocycles. The minimum Gasteiger partial charge on any atom is -0.355 e. The van der Waals surface area contributed by atoms with Crippen LogP contribution in [-0.2, 0) is 0 Å². The summed E-state index contributed by atoms with van der Waals surface area (Å²) >= 11 is 9.43. The highest BCUT2D eigenvalue weighted by atomic mass is 79.9. The summed E-state index contributed by atoms with van der Waals surface area (Å²) in [6, 6.07) is 1.91. The summed E-state index contributed by atoms with van der Waals surface area (Å²) in [4.78, 5) is 6.75. The van der Waals surface area contributed by atoms with E-state index in [1.807, 2.05) is 6.07 Å². The summed E-state index contributed by atoms with van der Waals surface area (Å²) in [7, 11) is 0. The number of pyridine rings is 1. The molecular formula is C12H16BrClN2. The zero-order chi connectivity index (χ0) is 11.7. The van der Waals surface area contributed by atoms with E-state index in [2.05, 4.69) is 39.7 Å². The van der Waals surface area contributed by atoms with Gasteiger partial charge in [-0.25, -0.2) is 4.98 Å². The molecule has 16 heavy (non-hydrogen) atoms. The largest absolute Gasteiger partial charge is 0.355 e. The monoisotopic (exact) mass is 302 g/mol. The molecule has 2 unspecified atom stereocenters. The van der Waals surface area contributed by atoms with E-state index >= 15 is 0 Å². The Bertz CT molecular complexity index is 383. The van der Waals surface area contributed by atoms with Gasteiger partial charge >= 0.3 is 0 Å². The quantitative estimate of drug-likeness (QED) is 0.780. The Morgan fingerprint density at radius 2 is 2.19 bits per heavy atom. The van der Waals surface area contributed by atoms with Gasteiger partial charge in [0.15, 0.2) is 0 Å². The number of hydrogen-bond acceptors (Lipinski definition) is 2. The second kappa shape index (κ2) is 4.92. The molecule has 2 atom stereocenters. The van der Waals surface area contributed by atoms with Crippen LogP contribution in [0.15, 0.2) is 16.7 Å². The highest BCUT2D eigenvalue weighted by Crippen LogP contribution is 2.31. The van der Waals surface area contributed by atoms with Gasteiger partial charge in [-0.2, -0.15) is 0 Å². The van der Waals surface area contributed by atoms with Gasteiger partial charge < -0.3 is 4.90 Å². The first-order valence-electron chi connectivity index (χ1n) is 5.64. The molecule has 1 aliphatic heterocycles. The molecule has 2 nitrogen and oxygen atoms in total. The van der Waals surface area contributed by atoms with Crippen molar-refractivity contribution in [3.63, 3.8) is 0 Å². The second-order valence-electron chi connectivity index (χ2n) is 4.65. The highest BCUT2D eigenvalue weighted by Gasteiger charge is 2.24. The number of nitrogens with zero attached hydrogens (tertiary/aromatic N) is 2. The maximum absolute atomic E-state index is 5.90. The van der Waals surface area contributed by atoms with Crippen molar-refractivity contribution in [2.75, 3.05) is 18.0 Å². The van der Waals surface area contributed by atoms with Gasteiger partial charge in [-0.1, -0.05) is 25.4 Å². The van der Waals surface area contributed by atoms with Crippen molar-refractivity contribution in [3.8, 4) is 0 Å². The van der Waals surface area contributed by atoms with Crippen molar-refractivity contribution < 1.29 is 0 Å². The fraction of sp³-hybridized carbons (Fsp3) is 0.583.